The minimum absolute atomic E-state index is 0.710. The molecule has 0 unspecified atom stereocenters. The third-order valence-corrected chi connectivity index (χ3v) is 2.81. The maximum absolute atomic E-state index is 4.36. The largest absolute Gasteiger partial charge is 0.380 e. The van der Waals surface area contributed by atoms with Gasteiger partial charge in [0.2, 0.25) is 0 Å². The Morgan fingerprint density at radius 1 is 1.44 bits per heavy atom. The van der Waals surface area contributed by atoms with Gasteiger partial charge in [0.25, 0.3) is 0 Å². The summed E-state index contributed by atoms with van der Waals surface area (Å²) in [4.78, 5) is 4.36. The number of hydrogen-bond acceptors (Lipinski definition) is 4. The fraction of sp³-hybridized carbons (Fsp3) is 0.462. The molecule has 0 bridgehead atoms. The third kappa shape index (κ3) is 2.67. The van der Waals surface area contributed by atoms with E-state index >= 15 is 0 Å². The van der Waals surface area contributed by atoms with Gasteiger partial charge in [-0.15, -0.1) is 11.7 Å². The molecule has 2 heterocycles. The van der Waals surface area contributed by atoms with E-state index < -0.39 is 0 Å². The van der Waals surface area contributed by atoms with Crippen LogP contribution in [0, 0.1) is 0 Å². The van der Waals surface area contributed by atoms with Crippen LogP contribution in [0.3, 0.4) is 0 Å². The van der Waals surface area contributed by atoms with Crippen molar-refractivity contribution in [3.05, 3.63) is 24.9 Å². The Labute approximate surface area is 107 Å². The van der Waals surface area contributed by atoms with Crippen LogP contribution in [0.2, 0.25) is 0 Å². The van der Waals surface area contributed by atoms with Gasteiger partial charge in [-0.3, -0.25) is 0 Å². The number of pyridine rings is 1. The number of aryl methyl sites for hydroxylation is 1. The number of nitrogens with one attached hydrogen (secondary N) is 1. The second kappa shape index (κ2) is 6.14. The molecule has 0 saturated heterocycles. The van der Waals surface area contributed by atoms with Gasteiger partial charge in [-0.05, 0) is 12.5 Å². The van der Waals surface area contributed by atoms with Crippen LogP contribution in [-0.4, -0.2) is 26.5 Å². The first-order valence-electron chi connectivity index (χ1n) is 6.39. The molecule has 0 radical (unpaired) electrons. The first kappa shape index (κ1) is 12.5. The van der Waals surface area contributed by atoms with Gasteiger partial charge in [-0.25, -0.2) is 9.67 Å². The number of aromatic nitrogens is 4. The zero-order valence-electron chi connectivity index (χ0n) is 10.8. The van der Waals surface area contributed by atoms with Gasteiger partial charge in [0.15, 0.2) is 11.2 Å². The zero-order valence-corrected chi connectivity index (χ0v) is 10.8. The van der Waals surface area contributed by atoms with Crippen LogP contribution in [0.15, 0.2) is 24.9 Å². The van der Waals surface area contributed by atoms with E-state index in [1.807, 2.05) is 16.8 Å². The predicted molar refractivity (Wildman–Crippen MR) is 73.5 cm³/mol. The molecule has 0 atom stereocenters. The molecule has 2 aromatic rings. The Bertz CT molecular complexity index is 517. The van der Waals surface area contributed by atoms with Gasteiger partial charge in [-0.1, -0.05) is 31.1 Å². The van der Waals surface area contributed by atoms with Gasteiger partial charge in [0, 0.05) is 19.3 Å². The normalized spacial score (nSPS) is 10.7. The molecule has 1 N–H and O–H groups in total. The molecular weight excluding hydrogens is 226 g/mol. The molecule has 0 aliphatic heterocycles. The summed E-state index contributed by atoms with van der Waals surface area (Å²) in [7, 11) is 0. The van der Waals surface area contributed by atoms with Crippen LogP contribution >= 0.6 is 0 Å². The van der Waals surface area contributed by atoms with Crippen LogP contribution in [0.1, 0.15) is 26.2 Å². The molecule has 5 heteroatoms. The maximum atomic E-state index is 4.36. The van der Waals surface area contributed by atoms with Crippen molar-refractivity contribution in [2.24, 2.45) is 0 Å². The van der Waals surface area contributed by atoms with Crippen molar-refractivity contribution in [3.63, 3.8) is 0 Å². The SMILES string of the molecule is C=CCNc1ccnc2c1nnn2CCCCC. The number of rotatable bonds is 7. The van der Waals surface area contributed by atoms with E-state index in [1.165, 1.54) is 12.8 Å². The summed E-state index contributed by atoms with van der Waals surface area (Å²) < 4.78 is 1.88. The topological polar surface area (TPSA) is 55.6 Å². The van der Waals surface area contributed by atoms with Gasteiger partial charge >= 0.3 is 0 Å². The van der Waals surface area contributed by atoms with E-state index in [-0.39, 0.29) is 0 Å². The molecule has 0 saturated carbocycles. The first-order chi connectivity index (χ1) is 8.86. The van der Waals surface area contributed by atoms with Crippen molar-refractivity contribution in [1.82, 2.24) is 20.0 Å². The standard InChI is InChI=1S/C13H19N5/c1-3-5-6-10-18-13-12(16-17-18)11(7-9-15-13)14-8-4-2/h4,7,9H,2-3,5-6,8,10H2,1H3,(H,14,15). The lowest BCUT2D eigenvalue weighted by Gasteiger charge is -2.04. The Hall–Kier alpha value is -1.91. The average Bonchev–Trinajstić information content (AvgIpc) is 2.81. The minimum atomic E-state index is 0.710. The number of anilines is 1. The van der Waals surface area contributed by atoms with E-state index in [0.29, 0.717) is 6.54 Å². The summed E-state index contributed by atoms with van der Waals surface area (Å²) in [6, 6.07) is 1.91. The van der Waals surface area contributed by atoms with Crippen LogP contribution in [0.5, 0.6) is 0 Å². The number of unbranched alkanes of at least 4 members (excludes halogenated alkanes) is 2. The van der Waals surface area contributed by atoms with E-state index in [0.717, 1.165) is 29.8 Å². The fourth-order valence-corrected chi connectivity index (χ4v) is 1.86. The average molecular weight is 245 g/mol. The van der Waals surface area contributed by atoms with E-state index in [4.69, 9.17) is 0 Å². The van der Waals surface area contributed by atoms with Crippen molar-refractivity contribution in [2.45, 2.75) is 32.7 Å². The molecule has 2 aromatic heterocycles. The van der Waals surface area contributed by atoms with E-state index in [9.17, 15) is 0 Å². The summed E-state index contributed by atoms with van der Waals surface area (Å²) in [5, 5.41) is 11.6. The zero-order chi connectivity index (χ0) is 12.8. The van der Waals surface area contributed by atoms with Crippen LogP contribution in [-0.2, 0) is 6.54 Å². The quantitative estimate of drug-likeness (QED) is 0.602. The predicted octanol–water partition coefficient (Wildman–Crippen LogP) is 2.61. The highest BCUT2D eigenvalue weighted by atomic mass is 15.4. The van der Waals surface area contributed by atoms with E-state index in [2.05, 4.69) is 34.1 Å². The lowest BCUT2D eigenvalue weighted by Crippen LogP contribution is -2.02. The molecule has 0 fully saturated rings. The molecule has 0 spiro atoms. The van der Waals surface area contributed by atoms with Crippen LogP contribution in [0.4, 0.5) is 5.69 Å². The second-order valence-corrected chi connectivity index (χ2v) is 4.22. The molecule has 96 valence electrons. The highest BCUT2D eigenvalue weighted by Gasteiger charge is 2.09. The minimum Gasteiger partial charge on any atom is -0.380 e. The summed E-state index contributed by atoms with van der Waals surface area (Å²) in [6.07, 6.45) is 7.12. The number of nitrogens with zero attached hydrogens (tertiary/aromatic N) is 4. The summed E-state index contributed by atoms with van der Waals surface area (Å²) >= 11 is 0. The molecule has 0 amide bonds. The van der Waals surface area contributed by atoms with Crippen molar-refractivity contribution in [1.29, 1.82) is 0 Å². The highest BCUT2D eigenvalue weighted by Crippen LogP contribution is 2.18. The molecular formula is C13H19N5. The number of hydrogen-bond donors (Lipinski definition) is 1. The molecule has 5 nitrogen and oxygen atoms in total. The molecule has 2 rings (SSSR count). The molecule has 0 aromatic carbocycles. The summed E-state index contributed by atoms with van der Waals surface area (Å²) in [5.74, 6) is 0. The van der Waals surface area contributed by atoms with Gasteiger partial charge < -0.3 is 5.32 Å². The molecule has 18 heavy (non-hydrogen) atoms. The summed E-state index contributed by atoms with van der Waals surface area (Å²) in [5.41, 5.74) is 2.64. The van der Waals surface area contributed by atoms with Crippen molar-refractivity contribution in [3.8, 4) is 0 Å². The highest BCUT2D eigenvalue weighted by molar-refractivity contribution is 5.84. The van der Waals surface area contributed by atoms with Crippen LogP contribution in [0.25, 0.3) is 11.2 Å². The smallest absolute Gasteiger partial charge is 0.180 e. The first-order valence-corrected chi connectivity index (χ1v) is 6.39. The Morgan fingerprint density at radius 3 is 3.11 bits per heavy atom. The Balaban J connectivity index is 2.21. The van der Waals surface area contributed by atoms with Gasteiger partial charge in [0.05, 0.1) is 5.69 Å². The molecule has 0 aliphatic rings. The van der Waals surface area contributed by atoms with Crippen molar-refractivity contribution < 1.29 is 0 Å². The molecule has 0 aliphatic carbocycles. The Kier molecular flexibility index (Phi) is 4.28. The second-order valence-electron chi connectivity index (χ2n) is 4.22. The maximum Gasteiger partial charge on any atom is 0.180 e. The van der Waals surface area contributed by atoms with Crippen molar-refractivity contribution >= 4 is 16.9 Å². The Morgan fingerprint density at radius 2 is 2.33 bits per heavy atom. The van der Waals surface area contributed by atoms with Crippen LogP contribution < -0.4 is 5.32 Å². The van der Waals surface area contributed by atoms with E-state index in [1.54, 1.807) is 6.20 Å². The van der Waals surface area contributed by atoms with Gasteiger partial charge in [0.1, 0.15) is 0 Å². The summed E-state index contributed by atoms with van der Waals surface area (Å²) in [6.45, 7) is 7.47. The monoisotopic (exact) mass is 245 g/mol. The lowest BCUT2D eigenvalue weighted by atomic mass is 10.2. The number of fused-ring (bicyclic) bond motifs is 1. The van der Waals surface area contributed by atoms with Crippen molar-refractivity contribution in [2.75, 3.05) is 11.9 Å². The fourth-order valence-electron chi connectivity index (χ4n) is 1.86. The van der Waals surface area contributed by atoms with Gasteiger partial charge in [-0.2, -0.15) is 0 Å². The lowest BCUT2D eigenvalue weighted by molar-refractivity contribution is 0.547. The third-order valence-electron chi connectivity index (χ3n) is 2.81.